The molecular formula is C19H14ClN2NaO4S2. The summed E-state index contributed by atoms with van der Waals surface area (Å²) in [5.74, 6) is -1.73. The van der Waals surface area contributed by atoms with Gasteiger partial charge in [-0.3, -0.25) is 14.5 Å². The third kappa shape index (κ3) is 4.42. The Bertz CT molecular complexity index is 979. The second-order valence-corrected chi connectivity index (χ2v) is 8.91. The van der Waals surface area contributed by atoms with E-state index in [-0.39, 0.29) is 47.6 Å². The topological polar surface area (TPSA) is 89.5 Å². The van der Waals surface area contributed by atoms with Gasteiger partial charge >= 0.3 is 29.6 Å². The zero-order valence-electron chi connectivity index (χ0n) is 15.4. The van der Waals surface area contributed by atoms with E-state index in [9.17, 15) is 19.5 Å². The third-order valence-electron chi connectivity index (χ3n) is 4.59. The van der Waals surface area contributed by atoms with Crippen LogP contribution in [-0.4, -0.2) is 39.9 Å². The van der Waals surface area contributed by atoms with Gasteiger partial charge in [0.1, 0.15) is 11.4 Å². The fourth-order valence-electron chi connectivity index (χ4n) is 3.28. The first kappa shape index (κ1) is 22.4. The van der Waals surface area contributed by atoms with Crippen LogP contribution in [0.15, 0.2) is 47.5 Å². The number of carbonyl (C=O) groups is 3. The van der Waals surface area contributed by atoms with Crippen molar-refractivity contribution in [1.29, 1.82) is 0 Å². The van der Waals surface area contributed by atoms with Gasteiger partial charge in [0.05, 0.1) is 18.1 Å². The average molecular weight is 457 g/mol. The number of nitrogens with zero attached hydrogens (tertiary/aromatic N) is 1. The smallest absolute Gasteiger partial charge is 0.543 e. The second kappa shape index (κ2) is 9.24. The van der Waals surface area contributed by atoms with E-state index in [1.165, 1.54) is 28.0 Å². The Morgan fingerprint density at radius 3 is 2.59 bits per heavy atom. The van der Waals surface area contributed by atoms with Crippen LogP contribution >= 0.6 is 34.7 Å². The molecule has 144 valence electrons. The van der Waals surface area contributed by atoms with E-state index in [1.54, 1.807) is 24.3 Å². The van der Waals surface area contributed by atoms with Crippen molar-refractivity contribution in [3.8, 4) is 0 Å². The summed E-state index contributed by atoms with van der Waals surface area (Å²) in [7, 11) is 0. The fraction of sp³-hybridized carbons (Fsp3) is 0.211. The Hall–Kier alpha value is -1.29. The maximum Gasteiger partial charge on any atom is 1.00 e. The minimum Gasteiger partial charge on any atom is -0.543 e. The van der Waals surface area contributed by atoms with Gasteiger partial charge in [0.15, 0.2) is 0 Å². The first-order valence-corrected chi connectivity index (χ1v) is 10.7. The Morgan fingerprint density at radius 2 is 1.97 bits per heavy atom. The molecule has 2 atom stereocenters. The molecule has 4 rings (SSSR count). The van der Waals surface area contributed by atoms with Gasteiger partial charge < -0.3 is 15.2 Å². The van der Waals surface area contributed by atoms with Crippen LogP contribution in [0.2, 0.25) is 5.02 Å². The predicted molar refractivity (Wildman–Crippen MR) is 106 cm³/mol. The van der Waals surface area contributed by atoms with Crippen molar-refractivity contribution in [3.05, 3.63) is 62.9 Å². The summed E-state index contributed by atoms with van der Waals surface area (Å²) in [4.78, 5) is 38.8. The Balaban J connectivity index is 0.00000240. The number of thiophene rings is 1. The molecule has 10 heteroatoms. The van der Waals surface area contributed by atoms with Crippen LogP contribution in [-0.2, 0) is 20.8 Å². The molecule has 0 saturated carbocycles. The summed E-state index contributed by atoms with van der Waals surface area (Å²) < 4.78 is 0. The van der Waals surface area contributed by atoms with Gasteiger partial charge in [-0.2, -0.15) is 0 Å². The van der Waals surface area contributed by atoms with Crippen LogP contribution in [0.5, 0.6) is 0 Å². The number of hydrogen-bond donors (Lipinski definition) is 1. The number of β-lactam (4-membered cyclic amide) rings is 1. The Kier molecular flexibility index (Phi) is 7.14. The molecule has 2 aliphatic rings. The van der Waals surface area contributed by atoms with Crippen molar-refractivity contribution in [2.45, 2.75) is 17.8 Å². The van der Waals surface area contributed by atoms with E-state index in [0.29, 0.717) is 21.9 Å². The predicted octanol–water partition coefficient (Wildman–Crippen LogP) is -1.49. The first-order chi connectivity index (χ1) is 13.5. The number of thioether (sulfide) groups is 1. The molecule has 2 amide bonds. The van der Waals surface area contributed by atoms with Gasteiger partial charge in [-0.15, -0.1) is 23.1 Å². The molecule has 1 fully saturated rings. The number of benzene rings is 1. The molecule has 0 radical (unpaired) electrons. The normalized spacial score (nSPS) is 20.4. The average Bonchev–Trinajstić information content (AvgIpc) is 3.18. The molecule has 1 aromatic carbocycles. The second-order valence-electron chi connectivity index (χ2n) is 6.33. The van der Waals surface area contributed by atoms with Gasteiger partial charge in [-0.05, 0) is 34.7 Å². The summed E-state index contributed by atoms with van der Waals surface area (Å²) in [6.45, 7) is 0. The quantitative estimate of drug-likeness (QED) is 0.437. The number of carboxylic acid groups (broad SMARTS) is 1. The molecule has 2 aliphatic heterocycles. The van der Waals surface area contributed by atoms with Crippen LogP contribution in [0.4, 0.5) is 0 Å². The minimum atomic E-state index is -1.41. The monoisotopic (exact) mass is 456 g/mol. The van der Waals surface area contributed by atoms with Gasteiger partial charge in [0.25, 0.3) is 5.91 Å². The van der Waals surface area contributed by atoms with Gasteiger partial charge in [0, 0.05) is 15.7 Å². The number of fused-ring (bicyclic) bond motifs is 1. The van der Waals surface area contributed by atoms with E-state index in [1.807, 2.05) is 17.5 Å². The minimum absolute atomic E-state index is 0. The maximum atomic E-state index is 12.6. The van der Waals surface area contributed by atoms with E-state index in [0.717, 1.165) is 4.88 Å². The molecule has 1 saturated heterocycles. The summed E-state index contributed by atoms with van der Waals surface area (Å²) >= 11 is 8.78. The number of amides is 2. The number of rotatable bonds is 5. The molecule has 1 N–H and O–H groups in total. The van der Waals surface area contributed by atoms with Crippen molar-refractivity contribution < 1.29 is 49.0 Å². The molecule has 0 bridgehead atoms. The SMILES string of the molecule is O=C(Cc1cccs1)N[C@@H]1C(=O)N2C(C(=O)[O-])=C(c3ccc(Cl)cc3)CS[C@@H]12.[Na+]. The molecular weight excluding hydrogens is 443 g/mol. The molecule has 3 heterocycles. The van der Waals surface area contributed by atoms with Gasteiger partial charge in [-0.25, -0.2) is 0 Å². The molecule has 2 aromatic rings. The van der Waals surface area contributed by atoms with E-state index >= 15 is 0 Å². The largest absolute Gasteiger partial charge is 1.00 e. The van der Waals surface area contributed by atoms with Crippen LogP contribution in [0.1, 0.15) is 10.4 Å². The molecule has 0 unspecified atom stereocenters. The zero-order valence-corrected chi connectivity index (χ0v) is 19.8. The summed E-state index contributed by atoms with van der Waals surface area (Å²) in [6, 6.07) is 9.73. The number of halogens is 1. The van der Waals surface area contributed by atoms with Crippen molar-refractivity contribution in [2.24, 2.45) is 0 Å². The van der Waals surface area contributed by atoms with Crippen molar-refractivity contribution in [1.82, 2.24) is 10.2 Å². The summed E-state index contributed by atoms with van der Waals surface area (Å²) in [5.41, 5.74) is 1.04. The van der Waals surface area contributed by atoms with E-state index in [2.05, 4.69) is 5.32 Å². The number of aliphatic carboxylic acids is 1. The Morgan fingerprint density at radius 1 is 1.24 bits per heavy atom. The molecule has 1 aromatic heterocycles. The number of carbonyl (C=O) groups excluding carboxylic acids is 3. The van der Waals surface area contributed by atoms with Crippen molar-refractivity contribution in [3.63, 3.8) is 0 Å². The van der Waals surface area contributed by atoms with Crippen LogP contribution < -0.4 is 40.0 Å². The molecule has 0 aliphatic carbocycles. The number of carboxylic acids is 1. The molecule has 6 nitrogen and oxygen atoms in total. The zero-order chi connectivity index (χ0) is 19.8. The Labute approximate surface area is 202 Å². The summed E-state index contributed by atoms with van der Waals surface area (Å²) in [6.07, 6.45) is 0.193. The molecule has 0 spiro atoms. The third-order valence-corrected chi connectivity index (χ3v) is 6.99. The van der Waals surface area contributed by atoms with Gasteiger partial charge in [-0.1, -0.05) is 29.8 Å². The van der Waals surface area contributed by atoms with Crippen LogP contribution in [0, 0.1) is 0 Å². The maximum absolute atomic E-state index is 12.6. The standard InChI is InChI=1S/C19H15ClN2O4S2.Na/c20-11-5-3-10(4-6-11)13-9-28-18-15(17(24)22(18)16(13)19(25)26)21-14(23)8-12-2-1-7-27-12;/h1-7,15,18H,8-9H2,(H,21,23)(H,25,26);/q;+1/p-1/t15-,18+;/m1./s1. The van der Waals surface area contributed by atoms with Gasteiger partial charge in [0.2, 0.25) is 5.91 Å². The summed E-state index contributed by atoms with van der Waals surface area (Å²) in [5, 5.41) is 16.5. The van der Waals surface area contributed by atoms with Crippen molar-refractivity contribution in [2.75, 3.05) is 5.75 Å². The number of nitrogens with one attached hydrogen (secondary N) is 1. The first-order valence-electron chi connectivity index (χ1n) is 8.42. The van der Waals surface area contributed by atoms with Crippen molar-refractivity contribution >= 4 is 58.1 Å². The van der Waals surface area contributed by atoms with E-state index in [4.69, 9.17) is 11.6 Å². The molecule has 29 heavy (non-hydrogen) atoms. The van der Waals surface area contributed by atoms with Crippen LogP contribution in [0.3, 0.4) is 0 Å². The fourth-order valence-corrected chi connectivity index (χ4v) is 5.48. The van der Waals surface area contributed by atoms with E-state index < -0.39 is 23.3 Å². The number of hydrogen-bond acceptors (Lipinski definition) is 6. The van der Waals surface area contributed by atoms with Crippen LogP contribution in [0.25, 0.3) is 5.57 Å².